The summed E-state index contributed by atoms with van der Waals surface area (Å²) in [6.07, 6.45) is 0. The Morgan fingerprint density at radius 1 is 1.50 bits per heavy atom. The Morgan fingerprint density at radius 3 is 2.94 bits per heavy atom. The van der Waals surface area contributed by atoms with Crippen molar-refractivity contribution >= 4 is 33.5 Å². The van der Waals surface area contributed by atoms with Gasteiger partial charge in [0.2, 0.25) is 0 Å². The first-order valence-corrected chi connectivity index (χ1v) is 6.47. The van der Waals surface area contributed by atoms with E-state index in [-0.39, 0.29) is 0 Å². The van der Waals surface area contributed by atoms with E-state index < -0.39 is 5.97 Å². The summed E-state index contributed by atoms with van der Waals surface area (Å²) in [7, 11) is 0. The van der Waals surface area contributed by atoms with E-state index in [1.165, 1.54) is 0 Å². The first-order chi connectivity index (χ1) is 8.61. The molecule has 1 aromatic carbocycles. The smallest absolute Gasteiger partial charge is 0.356 e. The molecule has 18 heavy (non-hydrogen) atoms. The van der Waals surface area contributed by atoms with Gasteiger partial charge in [-0.25, -0.2) is 4.79 Å². The van der Waals surface area contributed by atoms with Gasteiger partial charge in [-0.15, -0.1) is 0 Å². The summed E-state index contributed by atoms with van der Waals surface area (Å²) >= 11 is 9.44. The average Bonchev–Trinajstić information content (AvgIpc) is 2.78. The van der Waals surface area contributed by atoms with Crippen molar-refractivity contribution in [1.29, 1.82) is 0 Å². The van der Waals surface area contributed by atoms with Gasteiger partial charge in [0.1, 0.15) is 5.69 Å². The number of nitrogens with zero attached hydrogens (tertiary/aromatic N) is 1. The molecule has 1 heterocycles. The Hall–Kier alpha value is -1.33. The first kappa shape index (κ1) is 13.1. The van der Waals surface area contributed by atoms with Crippen LogP contribution in [0.5, 0.6) is 0 Å². The molecule has 2 rings (SSSR count). The molecule has 2 aromatic rings. The molecule has 0 aliphatic rings. The van der Waals surface area contributed by atoms with Crippen LogP contribution in [0.25, 0.3) is 11.3 Å². The molecule has 0 saturated carbocycles. The van der Waals surface area contributed by atoms with Crippen LogP contribution in [0.15, 0.2) is 28.7 Å². The van der Waals surface area contributed by atoms with Crippen molar-refractivity contribution < 1.29 is 9.53 Å². The molecule has 0 bridgehead atoms. The number of hydrogen-bond donors (Lipinski definition) is 1. The van der Waals surface area contributed by atoms with E-state index in [1.54, 1.807) is 19.1 Å². The molecule has 0 unspecified atom stereocenters. The highest BCUT2D eigenvalue weighted by molar-refractivity contribution is 9.10. The topological polar surface area (TPSA) is 55.0 Å². The number of carbonyl (C=O) groups excluding carboxylic acids is 1. The van der Waals surface area contributed by atoms with Crippen LogP contribution in [0.2, 0.25) is 5.02 Å². The van der Waals surface area contributed by atoms with Crippen LogP contribution < -0.4 is 0 Å². The number of esters is 1. The molecule has 1 N–H and O–H groups in total. The van der Waals surface area contributed by atoms with E-state index in [9.17, 15) is 4.79 Å². The fourth-order valence-corrected chi connectivity index (χ4v) is 2.24. The predicted molar refractivity (Wildman–Crippen MR) is 72.7 cm³/mol. The molecule has 6 heteroatoms. The molecular weight excluding hydrogens is 320 g/mol. The molecule has 0 saturated heterocycles. The zero-order valence-corrected chi connectivity index (χ0v) is 11.9. The Kier molecular flexibility index (Phi) is 4.04. The number of benzene rings is 1. The van der Waals surface area contributed by atoms with Crippen LogP contribution >= 0.6 is 27.5 Å². The minimum Gasteiger partial charge on any atom is -0.461 e. The summed E-state index contributed by atoms with van der Waals surface area (Å²) in [4.78, 5) is 11.5. The minimum absolute atomic E-state index is 0.311. The third-order valence-electron chi connectivity index (χ3n) is 2.28. The number of rotatable bonds is 3. The van der Waals surface area contributed by atoms with E-state index in [4.69, 9.17) is 16.3 Å². The van der Waals surface area contributed by atoms with Gasteiger partial charge in [0.05, 0.1) is 17.3 Å². The van der Waals surface area contributed by atoms with Gasteiger partial charge in [-0.3, -0.25) is 5.10 Å². The molecule has 94 valence electrons. The van der Waals surface area contributed by atoms with Crippen molar-refractivity contribution in [3.63, 3.8) is 0 Å². The third-order valence-corrected chi connectivity index (χ3v) is 3.09. The number of ether oxygens (including phenoxy) is 1. The normalized spacial score (nSPS) is 10.4. The predicted octanol–water partition coefficient (Wildman–Crippen LogP) is 3.67. The number of nitrogens with one attached hydrogen (secondary N) is 1. The average molecular weight is 330 g/mol. The summed E-state index contributed by atoms with van der Waals surface area (Å²) in [5, 5.41) is 7.25. The van der Waals surface area contributed by atoms with Crippen molar-refractivity contribution in [2.24, 2.45) is 0 Å². The van der Waals surface area contributed by atoms with Gasteiger partial charge >= 0.3 is 5.97 Å². The molecule has 0 amide bonds. The largest absolute Gasteiger partial charge is 0.461 e. The maximum Gasteiger partial charge on any atom is 0.356 e. The lowest BCUT2D eigenvalue weighted by molar-refractivity contribution is 0.0519. The molecular formula is C12H10BrClN2O2. The standard InChI is InChI=1S/C12H10BrClN2O2/c1-2-18-12(17)11-6-10(15-16-11)8-4-3-7(13)5-9(8)14/h3-6H,2H2,1H3,(H,15,16). The highest BCUT2D eigenvalue weighted by Crippen LogP contribution is 2.29. The Bertz CT molecular complexity index is 583. The molecule has 1 aromatic heterocycles. The monoisotopic (exact) mass is 328 g/mol. The number of carbonyl (C=O) groups is 1. The Labute approximate surface area is 117 Å². The lowest BCUT2D eigenvalue weighted by Gasteiger charge is -2.00. The van der Waals surface area contributed by atoms with Gasteiger partial charge in [0.15, 0.2) is 0 Å². The molecule has 0 atom stereocenters. The van der Waals surface area contributed by atoms with Gasteiger partial charge in [0.25, 0.3) is 0 Å². The minimum atomic E-state index is -0.426. The van der Waals surface area contributed by atoms with Crippen molar-refractivity contribution in [3.8, 4) is 11.3 Å². The van der Waals surface area contributed by atoms with Gasteiger partial charge in [-0.05, 0) is 25.1 Å². The fraction of sp³-hybridized carbons (Fsp3) is 0.167. The van der Waals surface area contributed by atoms with E-state index in [0.29, 0.717) is 23.0 Å². The van der Waals surface area contributed by atoms with Crippen LogP contribution in [-0.4, -0.2) is 22.8 Å². The lowest BCUT2D eigenvalue weighted by Crippen LogP contribution is -2.04. The summed E-state index contributed by atoms with van der Waals surface area (Å²) in [6.45, 7) is 2.08. The molecule has 0 aliphatic carbocycles. The van der Waals surface area contributed by atoms with Crippen LogP contribution in [0.1, 0.15) is 17.4 Å². The lowest BCUT2D eigenvalue weighted by atomic mass is 10.1. The zero-order valence-electron chi connectivity index (χ0n) is 9.54. The maximum absolute atomic E-state index is 11.5. The fourth-order valence-electron chi connectivity index (χ4n) is 1.47. The summed E-state index contributed by atoms with van der Waals surface area (Å²) < 4.78 is 5.76. The van der Waals surface area contributed by atoms with E-state index in [0.717, 1.165) is 10.0 Å². The molecule has 4 nitrogen and oxygen atoms in total. The molecule has 0 aliphatic heterocycles. The third kappa shape index (κ3) is 2.73. The second-order valence-electron chi connectivity index (χ2n) is 3.51. The van der Waals surface area contributed by atoms with Crippen LogP contribution in [0, 0.1) is 0 Å². The van der Waals surface area contributed by atoms with Crippen LogP contribution in [0.3, 0.4) is 0 Å². The summed E-state index contributed by atoms with van der Waals surface area (Å²) in [5.41, 5.74) is 1.67. The van der Waals surface area contributed by atoms with Crippen LogP contribution in [-0.2, 0) is 4.74 Å². The quantitative estimate of drug-likeness (QED) is 0.874. The molecule has 0 spiro atoms. The number of halogens is 2. The maximum atomic E-state index is 11.5. The van der Waals surface area contributed by atoms with E-state index in [2.05, 4.69) is 26.1 Å². The Morgan fingerprint density at radius 2 is 2.28 bits per heavy atom. The summed E-state index contributed by atoms with van der Waals surface area (Å²) in [6, 6.07) is 7.08. The number of aromatic nitrogens is 2. The zero-order chi connectivity index (χ0) is 13.1. The van der Waals surface area contributed by atoms with Crippen molar-refractivity contribution in [2.45, 2.75) is 6.92 Å². The molecule has 0 fully saturated rings. The Balaban J connectivity index is 2.32. The SMILES string of the molecule is CCOC(=O)c1cc(-c2ccc(Br)cc2Cl)n[nH]1. The summed E-state index contributed by atoms with van der Waals surface area (Å²) in [5.74, 6) is -0.426. The van der Waals surface area contributed by atoms with Gasteiger partial charge in [-0.1, -0.05) is 33.6 Å². The highest BCUT2D eigenvalue weighted by Gasteiger charge is 2.13. The second kappa shape index (κ2) is 5.54. The second-order valence-corrected chi connectivity index (χ2v) is 4.83. The molecule has 0 radical (unpaired) electrons. The number of H-pyrrole nitrogens is 1. The van der Waals surface area contributed by atoms with Crippen molar-refractivity contribution in [1.82, 2.24) is 10.2 Å². The van der Waals surface area contributed by atoms with Gasteiger partial charge < -0.3 is 4.74 Å². The van der Waals surface area contributed by atoms with E-state index in [1.807, 2.05) is 12.1 Å². The highest BCUT2D eigenvalue weighted by atomic mass is 79.9. The van der Waals surface area contributed by atoms with Gasteiger partial charge in [-0.2, -0.15) is 5.10 Å². The van der Waals surface area contributed by atoms with Crippen LogP contribution in [0.4, 0.5) is 0 Å². The first-order valence-electron chi connectivity index (χ1n) is 5.29. The van der Waals surface area contributed by atoms with Gasteiger partial charge in [0, 0.05) is 10.0 Å². The number of hydrogen-bond acceptors (Lipinski definition) is 3. The van der Waals surface area contributed by atoms with Crippen molar-refractivity contribution in [2.75, 3.05) is 6.61 Å². The van der Waals surface area contributed by atoms with Crippen molar-refractivity contribution in [3.05, 3.63) is 39.5 Å². The number of aromatic amines is 1. The van der Waals surface area contributed by atoms with E-state index >= 15 is 0 Å².